The molecule has 1 N–H and O–H groups in total. The second kappa shape index (κ2) is 9.88. The van der Waals surface area contributed by atoms with Crippen molar-refractivity contribution in [1.29, 1.82) is 0 Å². The normalized spacial score (nSPS) is 15.1. The highest BCUT2D eigenvalue weighted by molar-refractivity contribution is 6.30. The predicted molar refractivity (Wildman–Crippen MR) is 139 cm³/mol. The van der Waals surface area contributed by atoms with E-state index in [0.29, 0.717) is 36.2 Å². The van der Waals surface area contributed by atoms with Gasteiger partial charge in [0.05, 0.1) is 12.7 Å². The van der Waals surface area contributed by atoms with Crippen molar-refractivity contribution in [2.45, 2.75) is 13.3 Å². The lowest BCUT2D eigenvalue weighted by Gasteiger charge is -2.25. The molecule has 2 aliphatic rings. The number of nitrogens with zero attached hydrogens (tertiary/aromatic N) is 3. The first-order chi connectivity index (χ1) is 17.0. The lowest BCUT2D eigenvalue weighted by Crippen LogP contribution is -2.39. The third-order valence-corrected chi connectivity index (χ3v) is 6.42. The van der Waals surface area contributed by atoms with Gasteiger partial charge < -0.3 is 24.6 Å². The topological polar surface area (TPSA) is 66.4 Å². The summed E-state index contributed by atoms with van der Waals surface area (Å²) < 4.78 is 11.7. The molecule has 2 heterocycles. The molecular weight excluding hydrogens is 464 g/mol. The van der Waals surface area contributed by atoms with Crippen LogP contribution in [0.15, 0.2) is 65.7 Å². The van der Waals surface area contributed by atoms with E-state index in [1.807, 2.05) is 48.2 Å². The Kier molecular flexibility index (Phi) is 6.51. The van der Waals surface area contributed by atoms with Crippen molar-refractivity contribution in [3.05, 3.63) is 76.8 Å². The number of ether oxygens (including phenoxy) is 2. The highest BCUT2D eigenvalue weighted by atomic mass is 35.5. The van der Waals surface area contributed by atoms with Crippen LogP contribution in [0, 0.1) is 6.92 Å². The number of rotatable bonds is 2. The molecule has 2 aliphatic heterocycles. The zero-order chi connectivity index (χ0) is 24.4. The molecule has 0 radical (unpaired) electrons. The molecule has 1 fully saturated rings. The van der Waals surface area contributed by atoms with Crippen molar-refractivity contribution >= 4 is 34.8 Å². The van der Waals surface area contributed by atoms with E-state index in [1.165, 1.54) is 0 Å². The number of amides is 2. The number of aryl methyl sites for hydroxylation is 1. The molecular formula is C27H27ClN4O3. The highest BCUT2D eigenvalue weighted by Gasteiger charge is 2.26. The summed E-state index contributed by atoms with van der Waals surface area (Å²) >= 11 is 5.96. The van der Waals surface area contributed by atoms with Gasteiger partial charge in [-0.15, -0.1) is 0 Å². The first kappa shape index (κ1) is 23.1. The van der Waals surface area contributed by atoms with Gasteiger partial charge in [-0.05, 0) is 67.4 Å². The number of urea groups is 1. The molecule has 180 valence electrons. The average Bonchev–Trinajstić information content (AvgIpc) is 3.19. The Bertz CT molecular complexity index is 1280. The molecule has 0 spiro atoms. The fourth-order valence-electron chi connectivity index (χ4n) is 4.30. The molecule has 35 heavy (non-hydrogen) atoms. The lowest BCUT2D eigenvalue weighted by atomic mass is 10.1. The van der Waals surface area contributed by atoms with Gasteiger partial charge in [0.15, 0.2) is 5.75 Å². The molecule has 5 rings (SSSR count). The van der Waals surface area contributed by atoms with Crippen LogP contribution in [0.3, 0.4) is 0 Å². The summed E-state index contributed by atoms with van der Waals surface area (Å²) in [6.07, 6.45) is 0.820. The molecule has 2 amide bonds. The fourth-order valence-corrected chi connectivity index (χ4v) is 4.42. The van der Waals surface area contributed by atoms with Crippen LogP contribution < -0.4 is 14.8 Å². The largest absolute Gasteiger partial charge is 0.497 e. The van der Waals surface area contributed by atoms with E-state index in [0.717, 1.165) is 47.1 Å². The summed E-state index contributed by atoms with van der Waals surface area (Å²) in [7, 11) is 1.64. The standard InChI is InChI=1S/C27H27ClN4O3/c1-18-4-11-23-25(16-18)35-24-17-21(34-2)9-10-22(24)26(30-23)31-12-3-13-32(15-14-31)27(33)29-20-7-5-19(28)6-8-20/h4-11,16-17H,3,12-15H2,1-2H3,(H,29,33). The molecule has 7 nitrogen and oxygen atoms in total. The Balaban J connectivity index is 1.40. The van der Waals surface area contributed by atoms with Crippen LogP contribution >= 0.6 is 11.6 Å². The number of hydrogen-bond acceptors (Lipinski definition) is 5. The summed E-state index contributed by atoms with van der Waals surface area (Å²) in [6.45, 7) is 4.69. The molecule has 0 aromatic heterocycles. The van der Waals surface area contributed by atoms with Gasteiger partial charge in [0.2, 0.25) is 0 Å². The van der Waals surface area contributed by atoms with E-state index in [-0.39, 0.29) is 6.03 Å². The summed E-state index contributed by atoms with van der Waals surface area (Å²) in [5, 5.41) is 3.60. The third-order valence-electron chi connectivity index (χ3n) is 6.17. The minimum atomic E-state index is -0.119. The first-order valence-corrected chi connectivity index (χ1v) is 12.0. The van der Waals surface area contributed by atoms with Crippen LogP contribution in [-0.4, -0.2) is 55.0 Å². The van der Waals surface area contributed by atoms with Crippen molar-refractivity contribution in [2.75, 3.05) is 38.6 Å². The van der Waals surface area contributed by atoms with Gasteiger partial charge in [0.1, 0.15) is 23.0 Å². The van der Waals surface area contributed by atoms with E-state index in [4.69, 9.17) is 26.1 Å². The van der Waals surface area contributed by atoms with Gasteiger partial charge in [0.25, 0.3) is 0 Å². The molecule has 3 aromatic rings. The van der Waals surface area contributed by atoms with Gasteiger partial charge >= 0.3 is 6.03 Å². The van der Waals surface area contributed by atoms with E-state index >= 15 is 0 Å². The number of carbonyl (C=O) groups excluding carboxylic acids is 1. The maximum Gasteiger partial charge on any atom is 0.321 e. The molecule has 3 aromatic carbocycles. The predicted octanol–water partition coefficient (Wildman–Crippen LogP) is 6.08. The number of hydrogen-bond donors (Lipinski definition) is 1. The second-order valence-electron chi connectivity index (χ2n) is 8.64. The third kappa shape index (κ3) is 5.05. The van der Waals surface area contributed by atoms with Crippen LogP contribution in [0.5, 0.6) is 17.2 Å². The van der Waals surface area contributed by atoms with Gasteiger partial charge in [0, 0.05) is 43.0 Å². The summed E-state index contributed by atoms with van der Waals surface area (Å²) in [4.78, 5) is 22.0. The van der Waals surface area contributed by atoms with Gasteiger partial charge in [-0.25, -0.2) is 9.79 Å². The van der Waals surface area contributed by atoms with E-state index in [9.17, 15) is 4.79 Å². The van der Waals surface area contributed by atoms with Crippen LogP contribution in [0.25, 0.3) is 0 Å². The summed E-state index contributed by atoms with van der Waals surface area (Å²) in [5.74, 6) is 2.98. The van der Waals surface area contributed by atoms with Crippen molar-refractivity contribution in [3.63, 3.8) is 0 Å². The molecule has 0 bridgehead atoms. The Morgan fingerprint density at radius 2 is 1.83 bits per heavy atom. The van der Waals surface area contributed by atoms with Crippen molar-refractivity contribution in [2.24, 2.45) is 4.99 Å². The maximum absolute atomic E-state index is 12.9. The zero-order valence-electron chi connectivity index (χ0n) is 19.8. The first-order valence-electron chi connectivity index (χ1n) is 11.6. The minimum Gasteiger partial charge on any atom is -0.497 e. The highest BCUT2D eigenvalue weighted by Crippen LogP contribution is 2.40. The van der Waals surface area contributed by atoms with Crippen LogP contribution in [0.4, 0.5) is 16.2 Å². The summed E-state index contributed by atoms with van der Waals surface area (Å²) in [5.41, 5.74) is 3.51. The number of halogens is 1. The van der Waals surface area contributed by atoms with E-state index < -0.39 is 0 Å². The number of amidine groups is 1. The van der Waals surface area contributed by atoms with E-state index in [2.05, 4.69) is 10.2 Å². The number of carbonyl (C=O) groups is 1. The van der Waals surface area contributed by atoms with Crippen molar-refractivity contribution in [1.82, 2.24) is 9.80 Å². The summed E-state index contributed by atoms with van der Waals surface area (Å²) in [6, 6.07) is 18.8. The number of nitrogens with one attached hydrogen (secondary N) is 1. The number of methoxy groups -OCH3 is 1. The van der Waals surface area contributed by atoms with E-state index in [1.54, 1.807) is 31.4 Å². The maximum atomic E-state index is 12.9. The van der Waals surface area contributed by atoms with Crippen LogP contribution in [-0.2, 0) is 0 Å². The monoisotopic (exact) mass is 490 g/mol. The van der Waals surface area contributed by atoms with Gasteiger partial charge in [-0.3, -0.25) is 0 Å². The fraction of sp³-hybridized carbons (Fsp3) is 0.259. The Labute approximate surface area is 209 Å². The lowest BCUT2D eigenvalue weighted by molar-refractivity contribution is 0.214. The van der Waals surface area contributed by atoms with Crippen molar-refractivity contribution in [3.8, 4) is 17.2 Å². The molecule has 0 saturated carbocycles. The van der Waals surface area contributed by atoms with Gasteiger partial charge in [-0.2, -0.15) is 0 Å². The Morgan fingerprint density at radius 3 is 2.63 bits per heavy atom. The number of fused-ring (bicyclic) bond motifs is 2. The Morgan fingerprint density at radius 1 is 1.00 bits per heavy atom. The number of aliphatic imine (C=N–C) groups is 1. The zero-order valence-corrected chi connectivity index (χ0v) is 20.5. The molecule has 8 heteroatoms. The number of anilines is 1. The average molecular weight is 491 g/mol. The van der Waals surface area contributed by atoms with Crippen molar-refractivity contribution < 1.29 is 14.3 Å². The molecule has 0 aliphatic carbocycles. The van der Waals surface area contributed by atoms with Crippen LogP contribution in [0.2, 0.25) is 5.02 Å². The smallest absolute Gasteiger partial charge is 0.321 e. The molecule has 0 unspecified atom stereocenters. The van der Waals surface area contributed by atoms with Crippen LogP contribution in [0.1, 0.15) is 17.5 Å². The SMILES string of the molecule is COc1ccc2c(c1)Oc1cc(C)ccc1N=C2N1CCCN(C(=O)Nc2ccc(Cl)cc2)CC1. The molecule has 0 atom stereocenters. The quantitative estimate of drug-likeness (QED) is 0.472. The van der Waals surface area contributed by atoms with Gasteiger partial charge in [-0.1, -0.05) is 17.7 Å². The number of benzene rings is 3. The second-order valence-corrected chi connectivity index (χ2v) is 9.07. The Hall–Kier alpha value is -3.71. The molecule has 1 saturated heterocycles. The minimum absolute atomic E-state index is 0.119.